The number of carbonyl (C=O) groups is 3. The van der Waals surface area contributed by atoms with E-state index in [9.17, 15) is 19.5 Å². The van der Waals surface area contributed by atoms with E-state index in [0.717, 1.165) is 0 Å². The summed E-state index contributed by atoms with van der Waals surface area (Å²) in [6.07, 6.45) is 0.297. The van der Waals surface area contributed by atoms with Crippen molar-refractivity contribution in [1.82, 2.24) is 15.5 Å². The first-order chi connectivity index (χ1) is 9.97. The first kappa shape index (κ1) is 15.7. The van der Waals surface area contributed by atoms with Gasteiger partial charge in [0, 0.05) is 25.6 Å². The van der Waals surface area contributed by atoms with Gasteiger partial charge in [0.2, 0.25) is 11.8 Å². The second-order valence-corrected chi connectivity index (χ2v) is 5.52. The number of rotatable bonds is 5. The molecule has 4 N–H and O–H groups in total. The van der Waals surface area contributed by atoms with Gasteiger partial charge in [-0.2, -0.15) is 0 Å². The normalized spacial score (nSPS) is 30.0. The molecule has 8 nitrogen and oxygen atoms in total. The largest absolute Gasteiger partial charge is 0.481 e. The molecular formula is C13H21N3O5. The van der Waals surface area contributed by atoms with Crippen molar-refractivity contribution < 1.29 is 24.6 Å². The summed E-state index contributed by atoms with van der Waals surface area (Å²) in [5.74, 6) is -1.43. The molecule has 0 spiro atoms. The Morgan fingerprint density at radius 3 is 2.76 bits per heavy atom. The van der Waals surface area contributed by atoms with E-state index in [-0.39, 0.29) is 43.3 Å². The fourth-order valence-corrected chi connectivity index (χ4v) is 2.96. The van der Waals surface area contributed by atoms with Crippen molar-refractivity contribution in [3.05, 3.63) is 0 Å². The molecule has 1 heterocycles. The molecule has 2 fully saturated rings. The van der Waals surface area contributed by atoms with Gasteiger partial charge in [-0.25, -0.2) is 0 Å². The zero-order chi connectivity index (χ0) is 15.4. The summed E-state index contributed by atoms with van der Waals surface area (Å²) in [5, 5.41) is 24.3. The molecule has 0 radical (unpaired) electrons. The number of carboxylic acids is 1. The smallest absolute Gasteiger partial charge is 0.303 e. The minimum atomic E-state index is -1.02. The molecule has 2 rings (SSSR count). The molecule has 1 aliphatic heterocycles. The minimum absolute atomic E-state index is 0.0533. The van der Waals surface area contributed by atoms with Gasteiger partial charge in [-0.05, 0) is 12.8 Å². The number of aliphatic hydroxyl groups excluding tert-OH is 1. The first-order valence-corrected chi connectivity index (χ1v) is 7.17. The summed E-state index contributed by atoms with van der Waals surface area (Å²) in [4.78, 5) is 35.4. The number of hydrogen-bond acceptors (Lipinski definition) is 5. The van der Waals surface area contributed by atoms with Crippen LogP contribution in [0.3, 0.4) is 0 Å². The fourth-order valence-electron chi connectivity index (χ4n) is 2.96. The van der Waals surface area contributed by atoms with Crippen LogP contribution in [-0.4, -0.2) is 70.7 Å². The SMILES string of the molecule is O=C(O)CCC(=O)N[C@@H]1CC[C@@H](N2CCNC(=O)C2)[C@@H]1O. The number of aliphatic hydroxyl groups is 1. The molecule has 1 saturated heterocycles. The molecule has 3 atom stereocenters. The van der Waals surface area contributed by atoms with Gasteiger partial charge in [0.05, 0.1) is 25.1 Å². The number of nitrogens with one attached hydrogen (secondary N) is 2. The Bertz CT molecular complexity index is 428. The molecule has 0 aromatic carbocycles. The van der Waals surface area contributed by atoms with Crippen molar-refractivity contribution in [2.75, 3.05) is 19.6 Å². The van der Waals surface area contributed by atoms with E-state index < -0.39 is 12.1 Å². The highest BCUT2D eigenvalue weighted by atomic mass is 16.4. The Hall–Kier alpha value is -1.67. The number of carboxylic acid groups (broad SMARTS) is 1. The molecule has 8 heteroatoms. The molecule has 0 aromatic rings. The van der Waals surface area contributed by atoms with Crippen LogP contribution in [-0.2, 0) is 14.4 Å². The van der Waals surface area contributed by atoms with Crippen LogP contribution in [0.2, 0.25) is 0 Å². The Kier molecular flexibility index (Phi) is 5.13. The van der Waals surface area contributed by atoms with Gasteiger partial charge in [-0.15, -0.1) is 0 Å². The van der Waals surface area contributed by atoms with Gasteiger partial charge < -0.3 is 20.8 Å². The molecule has 2 amide bonds. The zero-order valence-electron chi connectivity index (χ0n) is 11.7. The number of nitrogens with zero attached hydrogens (tertiary/aromatic N) is 1. The highest BCUT2D eigenvalue weighted by molar-refractivity contribution is 5.81. The molecule has 1 saturated carbocycles. The van der Waals surface area contributed by atoms with E-state index >= 15 is 0 Å². The van der Waals surface area contributed by atoms with Crippen LogP contribution >= 0.6 is 0 Å². The lowest BCUT2D eigenvalue weighted by molar-refractivity contribution is -0.139. The van der Waals surface area contributed by atoms with Gasteiger partial charge in [0.15, 0.2) is 0 Å². The Labute approximate surface area is 122 Å². The van der Waals surface area contributed by atoms with Crippen LogP contribution in [0.5, 0.6) is 0 Å². The van der Waals surface area contributed by atoms with Crippen molar-refractivity contribution in [3.63, 3.8) is 0 Å². The summed E-state index contributed by atoms with van der Waals surface area (Å²) in [7, 11) is 0. The van der Waals surface area contributed by atoms with Crippen molar-refractivity contribution in [2.24, 2.45) is 0 Å². The monoisotopic (exact) mass is 299 g/mol. The van der Waals surface area contributed by atoms with Crippen LogP contribution in [0.1, 0.15) is 25.7 Å². The third-order valence-corrected chi connectivity index (χ3v) is 4.03. The second-order valence-electron chi connectivity index (χ2n) is 5.52. The van der Waals surface area contributed by atoms with Crippen LogP contribution in [0.15, 0.2) is 0 Å². The van der Waals surface area contributed by atoms with Crippen LogP contribution in [0, 0.1) is 0 Å². The third-order valence-electron chi connectivity index (χ3n) is 4.03. The van der Waals surface area contributed by atoms with E-state index in [0.29, 0.717) is 25.9 Å². The van der Waals surface area contributed by atoms with Crippen molar-refractivity contribution in [2.45, 2.75) is 43.9 Å². The maximum absolute atomic E-state index is 11.6. The number of amides is 2. The molecular weight excluding hydrogens is 278 g/mol. The van der Waals surface area contributed by atoms with Gasteiger partial charge in [0.1, 0.15) is 0 Å². The molecule has 1 aliphatic carbocycles. The van der Waals surface area contributed by atoms with Crippen molar-refractivity contribution in [3.8, 4) is 0 Å². The van der Waals surface area contributed by atoms with Gasteiger partial charge in [0.25, 0.3) is 0 Å². The third kappa shape index (κ3) is 4.15. The lowest BCUT2D eigenvalue weighted by Gasteiger charge is -2.34. The highest BCUT2D eigenvalue weighted by Gasteiger charge is 2.40. The van der Waals surface area contributed by atoms with Crippen molar-refractivity contribution >= 4 is 17.8 Å². The van der Waals surface area contributed by atoms with E-state index in [1.807, 2.05) is 4.90 Å². The summed E-state index contributed by atoms with van der Waals surface area (Å²) in [6.45, 7) is 1.52. The average molecular weight is 299 g/mol. The molecule has 0 aromatic heterocycles. The number of carbonyl (C=O) groups excluding carboxylic acids is 2. The molecule has 0 bridgehead atoms. The van der Waals surface area contributed by atoms with Crippen LogP contribution < -0.4 is 10.6 Å². The van der Waals surface area contributed by atoms with E-state index in [1.54, 1.807) is 0 Å². The van der Waals surface area contributed by atoms with Crippen LogP contribution in [0.4, 0.5) is 0 Å². The van der Waals surface area contributed by atoms with Crippen LogP contribution in [0.25, 0.3) is 0 Å². The molecule has 2 aliphatic rings. The lowest BCUT2D eigenvalue weighted by Crippen LogP contribution is -2.55. The van der Waals surface area contributed by atoms with Gasteiger partial charge >= 0.3 is 5.97 Å². The maximum atomic E-state index is 11.6. The van der Waals surface area contributed by atoms with E-state index in [2.05, 4.69) is 10.6 Å². The molecule has 118 valence electrons. The summed E-state index contributed by atoms with van der Waals surface area (Å²) < 4.78 is 0. The summed E-state index contributed by atoms with van der Waals surface area (Å²) in [5.41, 5.74) is 0. The number of hydrogen-bond donors (Lipinski definition) is 4. The topological polar surface area (TPSA) is 119 Å². The highest BCUT2D eigenvalue weighted by Crippen LogP contribution is 2.25. The predicted molar refractivity (Wildman–Crippen MR) is 72.4 cm³/mol. The fraction of sp³-hybridized carbons (Fsp3) is 0.769. The average Bonchev–Trinajstić information content (AvgIpc) is 2.78. The quantitative estimate of drug-likeness (QED) is 0.480. The van der Waals surface area contributed by atoms with Gasteiger partial charge in [-0.3, -0.25) is 19.3 Å². The lowest BCUT2D eigenvalue weighted by atomic mass is 10.1. The van der Waals surface area contributed by atoms with Gasteiger partial charge in [-0.1, -0.05) is 0 Å². The molecule has 0 unspecified atom stereocenters. The Morgan fingerprint density at radius 1 is 1.33 bits per heavy atom. The predicted octanol–water partition coefficient (Wildman–Crippen LogP) is -1.71. The number of piperazine rings is 1. The van der Waals surface area contributed by atoms with E-state index in [1.165, 1.54) is 0 Å². The van der Waals surface area contributed by atoms with Crippen molar-refractivity contribution in [1.29, 1.82) is 0 Å². The number of aliphatic carboxylic acids is 1. The second kappa shape index (κ2) is 6.86. The Morgan fingerprint density at radius 2 is 2.10 bits per heavy atom. The van der Waals surface area contributed by atoms with E-state index in [4.69, 9.17) is 5.11 Å². The zero-order valence-corrected chi connectivity index (χ0v) is 11.7. The summed E-state index contributed by atoms with van der Waals surface area (Å²) in [6, 6.07) is -0.512. The summed E-state index contributed by atoms with van der Waals surface area (Å²) >= 11 is 0. The Balaban J connectivity index is 1.83. The maximum Gasteiger partial charge on any atom is 0.303 e. The first-order valence-electron chi connectivity index (χ1n) is 7.17. The molecule has 21 heavy (non-hydrogen) atoms. The minimum Gasteiger partial charge on any atom is -0.481 e. The standard InChI is InChI=1S/C13H21N3O5/c17-10(3-4-12(19)20)15-8-1-2-9(13(8)21)16-6-5-14-11(18)7-16/h8-9,13,21H,1-7H2,(H,14,18)(H,15,17)(H,19,20)/t8-,9-,13-/m1/s1.